The number of methoxy groups -OCH3 is 1. The number of hydrogen-bond donors (Lipinski definition) is 2. The van der Waals surface area contributed by atoms with Crippen LogP contribution in [-0.2, 0) is 6.42 Å². The summed E-state index contributed by atoms with van der Waals surface area (Å²) < 4.78 is 5.14. The molecule has 0 aromatic heterocycles. The van der Waals surface area contributed by atoms with Crippen LogP contribution < -0.4 is 10.1 Å². The highest BCUT2D eigenvalue weighted by Gasteiger charge is 2.05. The van der Waals surface area contributed by atoms with Gasteiger partial charge in [-0.2, -0.15) is 12.6 Å². The molecule has 90 valence electrons. The molecule has 1 N–H and O–H groups in total. The van der Waals surface area contributed by atoms with Crippen molar-refractivity contribution in [2.75, 3.05) is 19.4 Å². The van der Waals surface area contributed by atoms with E-state index in [1.54, 1.807) is 7.11 Å². The topological polar surface area (TPSA) is 21.3 Å². The first-order valence-electron chi connectivity index (χ1n) is 5.77. The van der Waals surface area contributed by atoms with Crippen molar-refractivity contribution >= 4 is 12.6 Å². The second-order valence-corrected chi connectivity index (χ2v) is 4.28. The van der Waals surface area contributed by atoms with E-state index < -0.39 is 0 Å². The van der Waals surface area contributed by atoms with E-state index >= 15 is 0 Å². The van der Waals surface area contributed by atoms with Gasteiger partial charge in [0.15, 0.2) is 0 Å². The summed E-state index contributed by atoms with van der Waals surface area (Å²) >= 11 is 4.21. The van der Waals surface area contributed by atoms with Gasteiger partial charge in [-0.3, -0.25) is 0 Å². The molecular formula is C13H21NOS. The highest BCUT2D eigenvalue weighted by Crippen LogP contribution is 2.13. The molecule has 1 rings (SSSR count). The van der Waals surface area contributed by atoms with Gasteiger partial charge < -0.3 is 10.1 Å². The van der Waals surface area contributed by atoms with Crippen LogP contribution in [-0.4, -0.2) is 25.4 Å². The first-order valence-corrected chi connectivity index (χ1v) is 6.40. The zero-order valence-corrected chi connectivity index (χ0v) is 11.0. The number of ether oxygens (including phenoxy) is 1. The predicted molar refractivity (Wildman–Crippen MR) is 72.6 cm³/mol. The molecule has 1 unspecified atom stereocenters. The van der Waals surface area contributed by atoms with E-state index in [1.807, 2.05) is 12.1 Å². The van der Waals surface area contributed by atoms with Gasteiger partial charge in [-0.05, 0) is 30.5 Å². The third-order valence-corrected chi connectivity index (χ3v) is 2.90. The molecule has 16 heavy (non-hydrogen) atoms. The molecule has 1 aromatic carbocycles. The van der Waals surface area contributed by atoms with Gasteiger partial charge in [-0.1, -0.05) is 19.1 Å². The van der Waals surface area contributed by atoms with Gasteiger partial charge in [-0.15, -0.1) is 0 Å². The predicted octanol–water partition coefficient (Wildman–Crippen LogP) is 2.54. The molecule has 0 spiro atoms. The Balaban J connectivity index is 2.49. The van der Waals surface area contributed by atoms with Crippen molar-refractivity contribution < 1.29 is 4.74 Å². The lowest BCUT2D eigenvalue weighted by Gasteiger charge is -2.16. The SMILES string of the molecule is CCC(Cc1ccc(OC)cc1)NCCS. The molecule has 0 aliphatic rings. The minimum Gasteiger partial charge on any atom is -0.497 e. The average Bonchev–Trinajstić information content (AvgIpc) is 2.35. The van der Waals surface area contributed by atoms with E-state index in [-0.39, 0.29) is 0 Å². The first-order chi connectivity index (χ1) is 7.80. The van der Waals surface area contributed by atoms with Crippen molar-refractivity contribution in [1.82, 2.24) is 5.32 Å². The van der Waals surface area contributed by atoms with Gasteiger partial charge in [0.25, 0.3) is 0 Å². The van der Waals surface area contributed by atoms with E-state index in [9.17, 15) is 0 Å². The molecule has 0 amide bonds. The number of benzene rings is 1. The van der Waals surface area contributed by atoms with Crippen molar-refractivity contribution in [3.8, 4) is 5.75 Å². The van der Waals surface area contributed by atoms with Gasteiger partial charge in [-0.25, -0.2) is 0 Å². The number of rotatable bonds is 7. The third kappa shape index (κ3) is 4.45. The summed E-state index contributed by atoms with van der Waals surface area (Å²) in [5.74, 6) is 1.80. The molecule has 0 bridgehead atoms. The molecule has 0 saturated heterocycles. The van der Waals surface area contributed by atoms with Crippen LogP contribution in [0.3, 0.4) is 0 Å². The van der Waals surface area contributed by atoms with Gasteiger partial charge in [0.1, 0.15) is 5.75 Å². The molecule has 1 atom stereocenters. The lowest BCUT2D eigenvalue weighted by atomic mass is 10.0. The van der Waals surface area contributed by atoms with Crippen LogP contribution in [0.15, 0.2) is 24.3 Å². The summed E-state index contributed by atoms with van der Waals surface area (Å²) in [7, 11) is 1.69. The fourth-order valence-electron chi connectivity index (χ4n) is 1.68. The summed E-state index contributed by atoms with van der Waals surface area (Å²) in [4.78, 5) is 0. The Morgan fingerprint density at radius 1 is 1.31 bits per heavy atom. The quantitative estimate of drug-likeness (QED) is 0.714. The maximum Gasteiger partial charge on any atom is 0.118 e. The second kappa shape index (κ2) is 7.58. The molecule has 0 saturated carbocycles. The number of thiol groups is 1. The Bertz CT molecular complexity index is 286. The van der Waals surface area contributed by atoms with E-state index in [4.69, 9.17) is 4.74 Å². The van der Waals surface area contributed by atoms with Crippen molar-refractivity contribution in [3.05, 3.63) is 29.8 Å². The summed E-state index contributed by atoms with van der Waals surface area (Å²) in [5, 5.41) is 3.49. The summed E-state index contributed by atoms with van der Waals surface area (Å²) in [5.41, 5.74) is 1.35. The Labute approximate surface area is 104 Å². The lowest BCUT2D eigenvalue weighted by molar-refractivity contribution is 0.414. The molecule has 3 heteroatoms. The lowest BCUT2D eigenvalue weighted by Crippen LogP contribution is -2.31. The van der Waals surface area contributed by atoms with Crippen molar-refractivity contribution in [1.29, 1.82) is 0 Å². The van der Waals surface area contributed by atoms with Gasteiger partial charge in [0.05, 0.1) is 7.11 Å². The zero-order chi connectivity index (χ0) is 11.8. The van der Waals surface area contributed by atoms with Gasteiger partial charge in [0.2, 0.25) is 0 Å². The molecule has 0 heterocycles. The molecule has 0 fully saturated rings. The minimum atomic E-state index is 0.542. The molecular weight excluding hydrogens is 218 g/mol. The summed E-state index contributed by atoms with van der Waals surface area (Å²) in [6.07, 6.45) is 2.20. The van der Waals surface area contributed by atoms with Crippen LogP contribution in [0.4, 0.5) is 0 Å². The van der Waals surface area contributed by atoms with Gasteiger partial charge in [0, 0.05) is 18.3 Å². The fourth-order valence-corrected chi connectivity index (χ4v) is 1.80. The van der Waals surface area contributed by atoms with Crippen molar-refractivity contribution in [3.63, 3.8) is 0 Å². The monoisotopic (exact) mass is 239 g/mol. The van der Waals surface area contributed by atoms with E-state index in [1.165, 1.54) is 5.56 Å². The zero-order valence-electron chi connectivity index (χ0n) is 10.1. The van der Waals surface area contributed by atoms with Crippen molar-refractivity contribution in [2.24, 2.45) is 0 Å². The highest BCUT2D eigenvalue weighted by molar-refractivity contribution is 7.80. The summed E-state index contributed by atoms with van der Waals surface area (Å²) in [6, 6.07) is 8.83. The average molecular weight is 239 g/mol. The molecule has 2 nitrogen and oxygen atoms in total. The summed E-state index contributed by atoms with van der Waals surface area (Å²) in [6.45, 7) is 3.18. The number of hydrogen-bond acceptors (Lipinski definition) is 3. The molecule has 0 radical (unpaired) electrons. The van der Waals surface area contributed by atoms with Crippen LogP contribution in [0.25, 0.3) is 0 Å². The molecule has 0 aliphatic carbocycles. The van der Waals surface area contributed by atoms with E-state index in [2.05, 4.69) is 37.0 Å². The van der Waals surface area contributed by atoms with Crippen LogP contribution in [0, 0.1) is 0 Å². The molecule has 0 aliphatic heterocycles. The number of nitrogens with one attached hydrogen (secondary N) is 1. The van der Waals surface area contributed by atoms with Gasteiger partial charge >= 0.3 is 0 Å². The maximum atomic E-state index is 5.14. The van der Waals surface area contributed by atoms with Crippen molar-refractivity contribution in [2.45, 2.75) is 25.8 Å². The van der Waals surface area contributed by atoms with E-state index in [0.717, 1.165) is 30.9 Å². The minimum absolute atomic E-state index is 0.542. The van der Waals surface area contributed by atoms with Crippen LogP contribution in [0.1, 0.15) is 18.9 Å². The standard InChI is InChI=1S/C13H21NOS/c1-3-12(14-8-9-16)10-11-4-6-13(15-2)7-5-11/h4-7,12,14,16H,3,8-10H2,1-2H3. The van der Waals surface area contributed by atoms with Crippen LogP contribution in [0.2, 0.25) is 0 Å². The second-order valence-electron chi connectivity index (χ2n) is 3.84. The van der Waals surface area contributed by atoms with Crippen LogP contribution in [0.5, 0.6) is 5.75 Å². The highest BCUT2D eigenvalue weighted by atomic mass is 32.1. The third-order valence-electron chi connectivity index (χ3n) is 2.68. The normalized spacial score (nSPS) is 12.4. The Morgan fingerprint density at radius 2 is 2.00 bits per heavy atom. The smallest absolute Gasteiger partial charge is 0.118 e. The van der Waals surface area contributed by atoms with Crippen LogP contribution >= 0.6 is 12.6 Å². The maximum absolute atomic E-state index is 5.14. The Morgan fingerprint density at radius 3 is 2.50 bits per heavy atom. The largest absolute Gasteiger partial charge is 0.497 e. The fraction of sp³-hybridized carbons (Fsp3) is 0.538. The Hall–Kier alpha value is -0.670. The molecule has 1 aromatic rings. The van der Waals surface area contributed by atoms with E-state index in [0.29, 0.717) is 6.04 Å². The first kappa shape index (κ1) is 13.4. The Kier molecular flexibility index (Phi) is 6.34.